The number of aryl methyl sites for hydroxylation is 1. The number of hydrogen-bond donors (Lipinski definition) is 1. The molecule has 0 aliphatic carbocycles. The second-order valence-corrected chi connectivity index (χ2v) is 4.63. The third-order valence-electron chi connectivity index (χ3n) is 3.34. The highest BCUT2D eigenvalue weighted by atomic mass is 16.5. The molecule has 1 aromatic heterocycles. The van der Waals surface area contributed by atoms with Crippen molar-refractivity contribution in [3.05, 3.63) is 30.0 Å². The van der Waals surface area contributed by atoms with Crippen LogP contribution in [0, 0.1) is 0 Å². The molecule has 0 aliphatic heterocycles. The maximum atomic E-state index is 11.5. The number of carbonyl (C=O) groups excluding carboxylic acids is 1. The van der Waals surface area contributed by atoms with E-state index in [1.807, 2.05) is 24.4 Å². The van der Waals surface area contributed by atoms with Crippen LogP contribution in [0.15, 0.2) is 24.4 Å². The Labute approximate surface area is 118 Å². The van der Waals surface area contributed by atoms with E-state index in [1.165, 1.54) is 7.11 Å². The Morgan fingerprint density at radius 3 is 2.80 bits per heavy atom. The molecule has 2 rings (SSSR count). The van der Waals surface area contributed by atoms with Crippen LogP contribution >= 0.6 is 0 Å². The highest BCUT2D eigenvalue weighted by molar-refractivity contribution is 5.89. The molecule has 0 saturated carbocycles. The topological polar surface area (TPSA) is 66.5 Å². The standard InChI is InChI=1S/C15H20N2O3/c1-19-12-4-5-14-13(9-12)11(8-15(18)20-2)10-17(14)7-3-6-16/h4-5,9-10H,3,6-8,16H2,1-2H3. The summed E-state index contributed by atoms with van der Waals surface area (Å²) in [5.41, 5.74) is 7.60. The number of nitrogens with two attached hydrogens (primary N) is 1. The fraction of sp³-hybridized carbons (Fsp3) is 0.400. The number of methoxy groups -OCH3 is 2. The van der Waals surface area contributed by atoms with Crippen LogP contribution in [0.1, 0.15) is 12.0 Å². The maximum Gasteiger partial charge on any atom is 0.310 e. The first kappa shape index (κ1) is 14.4. The molecule has 1 aromatic carbocycles. The Bertz CT molecular complexity index is 604. The van der Waals surface area contributed by atoms with E-state index in [-0.39, 0.29) is 12.4 Å². The highest BCUT2D eigenvalue weighted by Gasteiger charge is 2.13. The van der Waals surface area contributed by atoms with Gasteiger partial charge in [-0.15, -0.1) is 0 Å². The molecule has 0 unspecified atom stereocenters. The molecule has 2 N–H and O–H groups in total. The molecular weight excluding hydrogens is 256 g/mol. The third-order valence-corrected chi connectivity index (χ3v) is 3.34. The summed E-state index contributed by atoms with van der Waals surface area (Å²) in [5.74, 6) is 0.533. The van der Waals surface area contributed by atoms with Gasteiger partial charge in [-0.3, -0.25) is 4.79 Å². The lowest BCUT2D eigenvalue weighted by molar-refractivity contribution is -0.139. The molecule has 0 saturated heterocycles. The van der Waals surface area contributed by atoms with Gasteiger partial charge < -0.3 is 19.8 Å². The van der Waals surface area contributed by atoms with Gasteiger partial charge in [-0.25, -0.2) is 0 Å². The summed E-state index contributed by atoms with van der Waals surface area (Å²) in [6, 6.07) is 5.88. The van der Waals surface area contributed by atoms with E-state index >= 15 is 0 Å². The van der Waals surface area contributed by atoms with Crippen molar-refractivity contribution in [2.45, 2.75) is 19.4 Å². The summed E-state index contributed by atoms with van der Waals surface area (Å²) in [6.45, 7) is 1.47. The number of fused-ring (bicyclic) bond motifs is 1. The van der Waals surface area contributed by atoms with Gasteiger partial charge in [-0.2, -0.15) is 0 Å². The molecule has 1 heterocycles. The minimum atomic E-state index is -0.245. The molecule has 20 heavy (non-hydrogen) atoms. The van der Waals surface area contributed by atoms with Crippen molar-refractivity contribution >= 4 is 16.9 Å². The van der Waals surface area contributed by atoms with Gasteiger partial charge in [0, 0.05) is 23.6 Å². The van der Waals surface area contributed by atoms with Crippen LogP contribution in [0.5, 0.6) is 5.75 Å². The van der Waals surface area contributed by atoms with Gasteiger partial charge in [0.05, 0.1) is 20.6 Å². The van der Waals surface area contributed by atoms with E-state index in [9.17, 15) is 4.79 Å². The normalized spacial score (nSPS) is 10.8. The number of benzene rings is 1. The van der Waals surface area contributed by atoms with Crippen molar-refractivity contribution in [1.82, 2.24) is 4.57 Å². The molecule has 108 valence electrons. The molecule has 0 bridgehead atoms. The summed E-state index contributed by atoms with van der Waals surface area (Å²) in [7, 11) is 3.03. The molecular formula is C15H20N2O3. The van der Waals surface area contributed by atoms with Gasteiger partial charge >= 0.3 is 5.97 Å². The first-order chi connectivity index (χ1) is 9.69. The first-order valence-corrected chi connectivity index (χ1v) is 6.62. The fourth-order valence-corrected chi connectivity index (χ4v) is 2.29. The smallest absolute Gasteiger partial charge is 0.310 e. The lowest BCUT2D eigenvalue weighted by Gasteiger charge is -2.04. The zero-order chi connectivity index (χ0) is 14.5. The summed E-state index contributed by atoms with van der Waals surface area (Å²) < 4.78 is 12.1. The number of rotatable bonds is 6. The second-order valence-electron chi connectivity index (χ2n) is 4.63. The van der Waals surface area contributed by atoms with Crippen LogP contribution in [-0.4, -0.2) is 31.3 Å². The Hall–Kier alpha value is -2.01. The number of nitrogens with zero attached hydrogens (tertiary/aromatic N) is 1. The van der Waals surface area contributed by atoms with E-state index in [0.717, 1.165) is 35.2 Å². The largest absolute Gasteiger partial charge is 0.497 e. The Morgan fingerprint density at radius 1 is 1.35 bits per heavy atom. The van der Waals surface area contributed by atoms with E-state index < -0.39 is 0 Å². The first-order valence-electron chi connectivity index (χ1n) is 6.62. The zero-order valence-electron chi connectivity index (χ0n) is 11.9. The summed E-state index contributed by atoms with van der Waals surface area (Å²) >= 11 is 0. The number of esters is 1. The molecule has 5 heteroatoms. The van der Waals surface area contributed by atoms with Gasteiger partial charge in [0.15, 0.2) is 0 Å². The SMILES string of the molecule is COC(=O)Cc1cn(CCCN)c2ccc(OC)cc12. The van der Waals surface area contributed by atoms with Crippen LogP contribution in [0.2, 0.25) is 0 Å². The average molecular weight is 276 g/mol. The maximum absolute atomic E-state index is 11.5. The lowest BCUT2D eigenvalue weighted by Crippen LogP contribution is -2.05. The van der Waals surface area contributed by atoms with Gasteiger partial charge in [0.2, 0.25) is 0 Å². The number of carbonyl (C=O) groups is 1. The quantitative estimate of drug-likeness (QED) is 0.816. The van der Waals surface area contributed by atoms with Crippen molar-refractivity contribution in [2.75, 3.05) is 20.8 Å². The van der Waals surface area contributed by atoms with Crippen LogP contribution in [-0.2, 0) is 22.5 Å². The lowest BCUT2D eigenvalue weighted by atomic mass is 10.1. The predicted molar refractivity (Wildman–Crippen MR) is 77.9 cm³/mol. The number of aromatic nitrogens is 1. The Balaban J connectivity index is 2.45. The van der Waals surface area contributed by atoms with Crippen LogP contribution < -0.4 is 10.5 Å². The van der Waals surface area contributed by atoms with Crippen molar-refractivity contribution in [1.29, 1.82) is 0 Å². The monoisotopic (exact) mass is 276 g/mol. The molecule has 0 atom stereocenters. The molecule has 0 amide bonds. The molecule has 2 aromatic rings. The summed E-state index contributed by atoms with van der Waals surface area (Å²) in [4.78, 5) is 11.5. The summed E-state index contributed by atoms with van der Waals surface area (Å²) in [5, 5.41) is 1.02. The predicted octanol–water partition coefficient (Wildman–Crippen LogP) is 1.71. The van der Waals surface area contributed by atoms with E-state index in [4.69, 9.17) is 15.2 Å². The molecule has 0 aliphatic rings. The molecule has 5 nitrogen and oxygen atoms in total. The van der Waals surface area contributed by atoms with Crippen molar-refractivity contribution in [3.63, 3.8) is 0 Å². The second kappa shape index (κ2) is 6.43. The number of ether oxygens (including phenoxy) is 2. The van der Waals surface area contributed by atoms with Gasteiger partial charge in [0.1, 0.15) is 5.75 Å². The van der Waals surface area contributed by atoms with E-state index in [0.29, 0.717) is 6.54 Å². The van der Waals surface area contributed by atoms with Gasteiger partial charge in [-0.05, 0) is 36.7 Å². The molecule has 0 fully saturated rings. The van der Waals surface area contributed by atoms with Crippen molar-refractivity contribution in [3.8, 4) is 5.75 Å². The van der Waals surface area contributed by atoms with Crippen LogP contribution in [0.3, 0.4) is 0 Å². The van der Waals surface area contributed by atoms with E-state index in [2.05, 4.69) is 4.57 Å². The minimum Gasteiger partial charge on any atom is -0.497 e. The highest BCUT2D eigenvalue weighted by Crippen LogP contribution is 2.26. The number of hydrogen-bond acceptors (Lipinski definition) is 4. The zero-order valence-corrected chi connectivity index (χ0v) is 11.9. The Kier molecular flexibility index (Phi) is 4.63. The van der Waals surface area contributed by atoms with Crippen molar-refractivity contribution < 1.29 is 14.3 Å². The van der Waals surface area contributed by atoms with Gasteiger partial charge in [0.25, 0.3) is 0 Å². The third kappa shape index (κ3) is 2.93. The molecule has 0 spiro atoms. The van der Waals surface area contributed by atoms with Crippen LogP contribution in [0.25, 0.3) is 10.9 Å². The Morgan fingerprint density at radius 2 is 2.15 bits per heavy atom. The van der Waals surface area contributed by atoms with Crippen LogP contribution in [0.4, 0.5) is 0 Å². The minimum absolute atomic E-state index is 0.245. The summed E-state index contributed by atoms with van der Waals surface area (Å²) in [6.07, 6.45) is 3.15. The average Bonchev–Trinajstić information content (AvgIpc) is 2.82. The fourth-order valence-electron chi connectivity index (χ4n) is 2.29. The van der Waals surface area contributed by atoms with E-state index in [1.54, 1.807) is 7.11 Å². The van der Waals surface area contributed by atoms with Crippen molar-refractivity contribution in [2.24, 2.45) is 5.73 Å². The van der Waals surface area contributed by atoms with Gasteiger partial charge in [-0.1, -0.05) is 0 Å². The molecule has 0 radical (unpaired) electrons.